The van der Waals surface area contributed by atoms with E-state index in [1.165, 1.54) is 0 Å². The van der Waals surface area contributed by atoms with E-state index in [9.17, 15) is 4.79 Å². The highest BCUT2D eigenvalue weighted by Crippen LogP contribution is 2.12. The van der Waals surface area contributed by atoms with Crippen molar-refractivity contribution in [3.63, 3.8) is 0 Å². The number of pyridine rings is 1. The van der Waals surface area contributed by atoms with Gasteiger partial charge in [-0.2, -0.15) is 0 Å². The van der Waals surface area contributed by atoms with Crippen molar-refractivity contribution in [2.75, 3.05) is 32.1 Å². The fourth-order valence-electron chi connectivity index (χ4n) is 1.90. The molecule has 1 amide bonds. The van der Waals surface area contributed by atoms with Crippen LogP contribution in [0.3, 0.4) is 0 Å². The van der Waals surface area contributed by atoms with E-state index in [-0.39, 0.29) is 11.9 Å². The van der Waals surface area contributed by atoms with Crippen LogP contribution < -0.4 is 5.32 Å². The van der Waals surface area contributed by atoms with Gasteiger partial charge in [-0.1, -0.05) is 6.92 Å². The van der Waals surface area contributed by atoms with E-state index in [1.807, 2.05) is 30.9 Å². The largest absolute Gasteiger partial charge is 0.383 e. The molecule has 5 nitrogen and oxygen atoms in total. The highest BCUT2D eigenvalue weighted by atomic mass is 16.5. The molecule has 0 fully saturated rings. The Morgan fingerprint density at radius 1 is 1.45 bits per heavy atom. The lowest BCUT2D eigenvalue weighted by Gasteiger charge is -2.28. The number of carbonyl (C=O) groups excluding carboxylic acids is 1. The average Bonchev–Trinajstić information content (AvgIpc) is 2.48. The Kier molecular flexibility index (Phi) is 7.01. The first kappa shape index (κ1) is 16.4. The maximum Gasteiger partial charge on any atom is 0.255 e. The van der Waals surface area contributed by atoms with Crippen molar-refractivity contribution in [3.8, 4) is 0 Å². The summed E-state index contributed by atoms with van der Waals surface area (Å²) in [5, 5.41) is 3.12. The number of aromatic nitrogens is 1. The van der Waals surface area contributed by atoms with Crippen LogP contribution in [0, 0.1) is 0 Å². The molecule has 1 rings (SSSR count). The zero-order valence-corrected chi connectivity index (χ0v) is 12.8. The summed E-state index contributed by atoms with van der Waals surface area (Å²) in [6.45, 7) is 8.08. The van der Waals surface area contributed by atoms with Crippen LogP contribution >= 0.6 is 0 Å². The average molecular weight is 279 g/mol. The van der Waals surface area contributed by atoms with Crippen molar-refractivity contribution < 1.29 is 9.53 Å². The Morgan fingerprint density at radius 2 is 2.20 bits per heavy atom. The van der Waals surface area contributed by atoms with Gasteiger partial charge in [-0.25, -0.2) is 4.98 Å². The number of nitrogens with zero attached hydrogens (tertiary/aromatic N) is 2. The first-order valence-electron chi connectivity index (χ1n) is 7.13. The molecule has 0 aliphatic heterocycles. The monoisotopic (exact) mass is 279 g/mol. The van der Waals surface area contributed by atoms with Crippen LogP contribution in [0.1, 0.15) is 37.6 Å². The number of methoxy groups -OCH3 is 1. The summed E-state index contributed by atoms with van der Waals surface area (Å²) in [4.78, 5) is 18.6. The van der Waals surface area contributed by atoms with Crippen LogP contribution in [0.2, 0.25) is 0 Å². The van der Waals surface area contributed by atoms with E-state index >= 15 is 0 Å². The van der Waals surface area contributed by atoms with Crippen molar-refractivity contribution >= 4 is 11.7 Å². The van der Waals surface area contributed by atoms with Crippen LogP contribution in [-0.2, 0) is 4.74 Å². The van der Waals surface area contributed by atoms with Gasteiger partial charge in [0.1, 0.15) is 5.82 Å². The third-order valence-corrected chi connectivity index (χ3v) is 3.29. The first-order valence-corrected chi connectivity index (χ1v) is 7.13. The second-order valence-corrected chi connectivity index (χ2v) is 4.71. The summed E-state index contributed by atoms with van der Waals surface area (Å²) in [6.07, 6.45) is 2.54. The maximum atomic E-state index is 12.5. The molecule has 20 heavy (non-hydrogen) atoms. The molecule has 1 aromatic rings. The van der Waals surface area contributed by atoms with E-state index in [0.717, 1.165) is 18.8 Å². The predicted molar refractivity (Wildman–Crippen MR) is 81.1 cm³/mol. The highest BCUT2D eigenvalue weighted by Gasteiger charge is 2.20. The van der Waals surface area contributed by atoms with E-state index in [1.54, 1.807) is 13.3 Å². The molecule has 0 aromatic carbocycles. The van der Waals surface area contributed by atoms with Crippen molar-refractivity contribution in [2.24, 2.45) is 0 Å². The molecule has 1 heterocycles. The van der Waals surface area contributed by atoms with Crippen LogP contribution in [0.4, 0.5) is 5.82 Å². The summed E-state index contributed by atoms with van der Waals surface area (Å²) >= 11 is 0. The SMILES string of the molecule is CCNc1ccc(C(=O)N(CCOC)C(C)CC)cn1. The number of hydrogen-bond acceptors (Lipinski definition) is 4. The lowest BCUT2D eigenvalue weighted by atomic mass is 10.1. The Balaban J connectivity index is 2.82. The smallest absolute Gasteiger partial charge is 0.255 e. The molecular formula is C15H25N3O2. The van der Waals surface area contributed by atoms with Gasteiger partial charge in [0.2, 0.25) is 0 Å². The van der Waals surface area contributed by atoms with Gasteiger partial charge < -0.3 is 15.0 Å². The Morgan fingerprint density at radius 3 is 2.70 bits per heavy atom. The van der Waals surface area contributed by atoms with Crippen molar-refractivity contribution in [3.05, 3.63) is 23.9 Å². The van der Waals surface area contributed by atoms with Crippen molar-refractivity contribution in [1.29, 1.82) is 0 Å². The van der Waals surface area contributed by atoms with Crippen molar-refractivity contribution in [2.45, 2.75) is 33.2 Å². The fraction of sp³-hybridized carbons (Fsp3) is 0.600. The van der Waals surface area contributed by atoms with Gasteiger partial charge in [0.05, 0.1) is 12.2 Å². The number of amides is 1. The van der Waals surface area contributed by atoms with Crippen LogP contribution in [0.5, 0.6) is 0 Å². The van der Waals surface area contributed by atoms with Crippen molar-refractivity contribution in [1.82, 2.24) is 9.88 Å². The third kappa shape index (κ3) is 4.49. The first-order chi connectivity index (χ1) is 9.63. The van der Waals surface area contributed by atoms with Crippen LogP contribution in [-0.4, -0.2) is 48.6 Å². The normalized spacial score (nSPS) is 12.0. The minimum absolute atomic E-state index is 0.00643. The third-order valence-electron chi connectivity index (χ3n) is 3.29. The lowest BCUT2D eigenvalue weighted by molar-refractivity contribution is 0.0613. The number of ether oxygens (including phenoxy) is 1. The zero-order valence-electron chi connectivity index (χ0n) is 12.8. The lowest BCUT2D eigenvalue weighted by Crippen LogP contribution is -2.40. The molecule has 112 valence electrons. The summed E-state index contributed by atoms with van der Waals surface area (Å²) in [5.74, 6) is 0.794. The molecule has 1 atom stereocenters. The van der Waals surface area contributed by atoms with Crippen LogP contribution in [0.15, 0.2) is 18.3 Å². The summed E-state index contributed by atoms with van der Waals surface area (Å²) < 4.78 is 5.08. The van der Waals surface area contributed by atoms with Gasteiger partial charge in [0, 0.05) is 32.4 Å². The molecule has 0 aliphatic carbocycles. The minimum atomic E-state index is 0.00643. The summed E-state index contributed by atoms with van der Waals surface area (Å²) in [5.41, 5.74) is 0.614. The van der Waals surface area contributed by atoms with Gasteiger partial charge in [-0.3, -0.25) is 4.79 Å². The molecule has 1 aromatic heterocycles. The number of hydrogen-bond donors (Lipinski definition) is 1. The van der Waals surface area contributed by atoms with E-state index in [0.29, 0.717) is 18.7 Å². The molecule has 1 N–H and O–H groups in total. The van der Waals surface area contributed by atoms with Gasteiger partial charge in [0.25, 0.3) is 5.91 Å². The van der Waals surface area contributed by atoms with Gasteiger partial charge >= 0.3 is 0 Å². The molecule has 0 saturated carbocycles. The zero-order chi connectivity index (χ0) is 15.0. The Hall–Kier alpha value is -1.62. The molecule has 0 aliphatic rings. The summed E-state index contributed by atoms with van der Waals surface area (Å²) in [6, 6.07) is 3.84. The van der Waals surface area contributed by atoms with E-state index in [4.69, 9.17) is 4.74 Å². The molecule has 1 unspecified atom stereocenters. The second-order valence-electron chi connectivity index (χ2n) is 4.71. The molecule has 0 radical (unpaired) electrons. The minimum Gasteiger partial charge on any atom is -0.383 e. The molecule has 0 saturated heterocycles. The molecule has 0 spiro atoms. The number of carbonyl (C=O) groups is 1. The van der Waals surface area contributed by atoms with Gasteiger partial charge in [-0.15, -0.1) is 0 Å². The van der Waals surface area contributed by atoms with Crippen LogP contribution in [0.25, 0.3) is 0 Å². The Labute approximate surface area is 121 Å². The van der Waals surface area contributed by atoms with E-state index in [2.05, 4.69) is 17.2 Å². The highest BCUT2D eigenvalue weighted by molar-refractivity contribution is 5.94. The quantitative estimate of drug-likeness (QED) is 0.794. The second kappa shape index (κ2) is 8.53. The molecule has 5 heteroatoms. The number of nitrogens with one attached hydrogen (secondary N) is 1. The van der Waals surface area contributed by atoms with Gasteiger partial charge in [0.15, 0.2) is 0 Å². The number of rotatable bonds is 8. The predicted octanol–water partition coefficient (Wildman–Crippen LogP) is 2.40. The molecule has 0 bridgehead atoms. The maximum absolute atomic E-state index is 12.5. The van der Waals surface area contributed by atoms with E-state index < -0.39 is 0 Å². The fourth-order valence-corrected chi connectivity index (χ4v) is 1.90. The molecular weight excluding hydrogens is 254 g/mol. The van der Waals surface area contributed by atoms with Gasteiger partial charge in [-0.05, 0) is 32.4 Å². The number of anilines is 1. The Bertz CT molecular complexity index is 406. The standard InChI is InChI=1S/C15H25N3O2/c1-5-12(3)18(9-10-20-4)15(19)13-7-8-14(16-6-2)17-11-13/h7-8,11-12H,5-6,9-10H2,1-4H3,(H,16,17). The summed E-state index contributed by atoms with van der Waals surface area (Å²) in [7, 11) is 1.64. The topological polar surface area (TPSA) is 54.5 Å².